The second-order valence-electron chi connectivity index (χ2n) is 7.72. The molecule has 3 heterocycles. The number of unbranched alkanes of at least 4 members (excludes halogenated alkanes) is 1. The van der Waals surface area contributed by atoms with Crippen molar-refractivity contribution in [2.24, 2.45) is 0 Å². The standard InChI is InChI=1S/C21H26FN3O2S2/c22-17-7-3-5-15(13-17)20-23-21(27-24-20)16-6-4-11-25(14-16)19(26)9-2-1-8-18-10-12-28-29-18/h3,5,7,13,16,18H,1-2,4,6,8-12,14H2. The third-order valence-corrected chi connectivity index (χ3v) is 8.55. The van der Waals surface area contributed by atoms with Crippen molar-refractivity contribution < 1.29 is 13.7 Å². The van der Waals surface area contributed by atoms with Crippen LogP contribution in [0.3, 0.4) is 0 Å². The van der Waals surface area contributed by atoms with Crippen LogP contribution >= 0.6 is 21.6 Å². The summed E-state index contributed by atoms with van der Waals surface area (Å²) in [6.45, 7) is 1.42. The topological polar surface area (TPSA) is 59.2 Å². The number of hydrogen-bond donors (Lipinski definition) is 0. The van der Waals surface area contributed by atoms with Gasteiger partial charge in [0, 0.05) is 36.1 Å². The molecule has 29 heavy (non-hydrogen) atoms. The minimum atomic E-state index is -0.325. The minimum absolute atomic E-state index is 0.0504. The summed E-state index contributed by atoms with van der Waals surface area (Å²) in [5.41, 5.74) is 0.600. The molecule has 2 atom stereocenters. The van der Waals surface area contributed by atoms with Crippen LogP contribution in [0.15, 0.2) is 28.8 Å². The zero-order valence-electron chi connectivity index (χ0n) is 16.4. The minimum Gasteiger partial charge on any atom is -0.342 e. The van der Waals surface area contributed by atoms with Gasteiger partial charge in [-0.25, -0.2) is 4.39 Å². The Hall–Kier alpha value is -1.54. The smallest absolute Gasteiger partial charge is 0.231 e. The van der Waals surface area contributed by atoms with E-state index in [0.717, 1.165) is 37.5 Å². The molecule has 1 aromatic heterocycles. The van der Waals surface area contributed by atoms with Crippen molar-refractivity contribution in [3.05, 3.63) is 36.0 Å². The summed E-state index contributed by atoms with van der Waals surface area (Å²) in [6, 6.07) is 6.18. The molecule has 156 valence electrons. The number of rotatable bonds is 7. The molecule has 8 heteroatoms. The highest BCUT2D eigenvalue weighted by Gasteiger charge is 2.28. The molecule has 2 aromatic rings. The van der Waals surface area contributed by atoms with Gasteiger partial charge in [0.2, 0.25) is 17.6 Å². The first-order chi connectivity index (χ1) is 14.2. The lowest BCUT2D eigenvalue weighted by molar-refractivity contribution is -0.132. The van der Waals surface area contributed by atoms with E-state index in [1.165, 1.54) is 30.7 Å². The molecule has 2 saturated heterocycles. The zero-order chi connectivity index (χ0) is 20.1. The van der Waals surface area contributed by atoms with E-state index in [0.29, 0.717) is 30.2 Å². The van der Waals surface area contributed by atoms with Gasteiger partial charge in [0.15, 0.2) is 0 Å². The van der Waals surface area contributed by atoms with E-state index in [-0.39, 0.29) is 17.6 Å². The summed E-state index contributed by atoms with van der Waals surface area (Å²) in [7, 11) is 3.98. The molecule has 1 amide bonds. The molecular weight excluding hydrogens is 409 g/mol. The number of carbonyl (C=O) groups is 1. The molecule has 0 bridgehead atoms. The summed E-state index contributed by atoms with van der Waals surface area (Å²) in [6.07, 6.45) is 7.09. The van der Waals surface area contributed by atoms with E-state index < -0.39 is 0 Å². The Labute approximate surface area is 178 Å². The number of likely N-dealkylation sites (tertiary alicyclic amines) is 1. The fourth-order valence-electron chi connectivity index (χ4n) is 3.92. The van der Waals surface area contributed by atoms with Crippen LogP contribution in [0.1, 0.15) is 56.8 Å². The van der Waals surface area contributed by atoms with E-state index in [1.807, 2.05) is 26.5 Å². The van der Waals surface area contributed by atoms with E-state index in [4.69, 9.17) is 4.52 Å². The Balaban J connectivity index is 1.28. The third kappa shape index (κ3) is 5.54. The van der Waals surface area contributed by atoms with Gasteiger partial charge in [0.05, 0.1) is 5.92 Å². The van der Waals surface area contributed by atoms with Gasteiger partial charge in [0.25, 0.3) is 0 Å². The summed E-state index contributed by atoms with van der Waals surface area (Å²) in [4.78, 5) is 19.1. The maximum Gasteiger partial charge on any atom is 0.231 e. The van der Waals surface area contributed by atoms with Crippen molar-refractivity contribution in [3.8, 4) is 11.4 Å². The summed E-state index contributed by atoms with van der Waals surface area (Å²) in [5.74, 6) is 2.15. The second-order valence-corrected chi connectivity index (χ2v) is 10.5. The number of piperidine rings is 1. The Morgan fingerprint density at radius 2 is 2.24 bits per heavy atom. The van der Waals surface area contributed by atoms with Crippen molar-refractivity contribution in [2.75, 3.05) is 18.8 Å². The molecule has 4 rings (SSSR count). The number of benzene rings is 1. The molecule has 0 spiro atoms. The molecule has 5 nitrogen and oxygen atoms in total. The fourth-order valence-corrected chi connectivity index (χ4v) is 6.95. The molecule has 2 unspecified atom stereocenters. The van der Waals surface area contributed by atoms with E-state index in [1.54, 1.807) is 12.1 Å². The van der Waals surface area contributed by atoms with Crippen LogP contribution in [-0.4, -0.2) is 45.0 Å². The lowest BCUT2D eigenvalue weighted by atomic mass is 9.97. The third-order valence-electron chi connectivity index (χ3n) is 5.54. The number of nitrogens with zero attached hydrogens (tertiary/aromatic N) is 3. The number of hydrogen-bond acceptors (Lipinski definition) is 6. The highest BCUT2D eigenvalue weighted by atomic mass is 33.1. The maximum atomic E-state index is 13.4. The number of halogens is 1. The molecule has 2 aliphatic heterocycles. The van der Waals surface area contributed by atoms with Crippen LogP contribution in [-0.2, 0) is 4.79 Å². The van der Waals surface area contributed by atoms with Crippen molar-refractivity contribution in [1.82, 2.24) is 15.0 Å². The first kappa shape index (κ1) is 20.7. The SMILES string of the molecule is O=C(CCCCC1CCSS1)N1CCCC(c2nc(-c3cccc(F)c3)no2)C1. The molecule has 0 aliphatic carbocycles. The molecule has 1 aromatic carbocycles. The molecule has 0 radical (unpaired) electrons. The largest absolute Gasteiger partial charge is 0.342 e. The summed E-state index contributed by atoms with van der Waals surface area (Å²) >= 11 is 0. The highest BCUT2D eigenvalue weighted by molar-refractivity contribution is 8.77. The molecule has 0 saturated carbocycles. The normalized spacial score (nSPS) is 22.2. The van der Waals surface area contributed by atoms with Gasteiger partial charge in [-0.3, -0.25) is 4.79 Å². The first-order valence-corrected chi connectivity index (χ1v) is 12.7. The Kier molecular flexibility index (Phi) is 7.13. The Bertz CT molecular complexity index is 826. The number of carbonyl (C=O) groups excluding carboxylic acids is 1. The predicted molar refractivity (Wildman–Crippen MR) is 115 cm³/mol. The average Bonchev–Trinajstić information content (AvgIpc) is 3.43. The Morgan fingerprint density at radius 3 is 3.07 bits per heavy atom. The van der Waals surface area contributed by atoms with Gasteiger partial charge >= 0.3 is 0 Å². The van der Waals surface area contributed by atoms with Crippen LogP contribution in [0.25, 0.3) is 11.4 Å². The van der Waals surface area contributed by atoms with Crippen LogP contribution < -0.4 is 0 Å². The van der Waals surface area contributed by atoms with Gasteiger partial charge in [-0.15, -0.1) is 0 Å². The van der Waals surface area contributed by atoms with E-state index >= 15 is 0 Å². The molecule has 2 aliphatic rings. The average molecular weight is 436 g/mol. The maximum absolute atomic E-state index is 13.4. The quantitative estimate of drug-likeness (QED) is 0.435. The number of amides is 1. The fraction of sp³-hybridized carbons (Fsp3) is 0.571. The highest BCUT2D eigenvalue weighted by Crippen LogP contribution is 2.40. The zero-order valence-corrected chi connectivity index (χ0v) is 18.0. The first-order valence-electron chi connectivity index (χ1n) is 10.3. The van der Waals surface area contributed by atoms with Crippen molar-refractivity contribution in [2.45, 2.75) is 56.1 Å². The number of aromatic nitrogens is 2. The van der Waals surface area contributed by atoms with Gasteiger partial charge in [-0.05, 0) is 44.2 Å². The predicted octanol–water partition coefficient (Wildman–Crippen LogP) is 5.30. The molecule has 0 N–H and O–H groups in total. The lowest BCUT2D eigenvalue weighted by Gasteiger charge is -2.31. The monoisotopic (exact) mass is 435 g/mol. The van der Waals surface area contributed by atoms with E-state index in [9.17, 15) is 9.18 Å². The van der Waals surface area contributed by atoms with Gasteiger partial charge < -0.3 is 9.42 Å². The van der Waals surface area contributed by atoms with Crippen LogP contribution in [0.2, 0.25) is 0 Å². The van der Waals surface area contributed by atoms with Gasteiger partial charge in [-0.1, -0.05) is 45.3 Å². The second kappa shape index (κ2) is 9.98. The summed E-state index contributed by atoms with van der Waals surface area (Å²) < 4.78 is 18.9. The van der Waals surface area contributed by atoms with Gasteiger partial charge in [0.1, 0.15) is 5.82 Å². The van der Waals surface area contributed by atoms with Crippen molar-refractivity contribution in [3.63, 3.8) is 0 Å². The van der Waals surface area contributed by atoms with Crippen LogP contribution in [0.5, 0.6) is 0 Å². The van der Waals surface area contributed by atoms with Crippen LogP contribution in [0.4, 0.5) is 4.39 Å². The van der Waals surface area contributed by atoms with Crippen LogP contribution in [0, 0.1) is 5.82 Å². The Morgan fingerprint density at radius 1 is 1.31 bits per heavy atom. The summed E-state index contributed by atoms with van der Waals surface area (Å²) in [5, 5.41) is 4.79. The van der Waals surface area contributed by atoms with Gasteiger partial charge in [-0.2, -0.15) is 4.98 Å². The molecular formula is C21H26FN3O2S2. The van der Waals surface area contributed by atoms with E-state index in [2.05, 4.69) is 10.1 Å². The molecule has 2 fully saturated rings. The lowest BCUT2D eigenvalue weighted by Crippen LogP contribution is -2.39. The van der Waals surface area contributed by atoms with Crippen molar-refractivity contribution >= 4 is 27.5 Å². The van der Waals surface area contributed by atoms with Crippen molar-refractivity contribution in [1.29, 1.82) is 0 Å².